The summed E-state index contributed by atoms with van der Waals surface area (Å²) in [5.41, 5.74) is 0.130. The van der Waals surface area contributed by atoms with Crippen molar-refractivity contribution in [3.05, 3.63) is 12.7 Å². The average molecular weight is 223 g/mol. The Labute approximate surface area is 95.2 Å². The van der Waals surface area contributed by atoms with Gasteiger partial charge in [-0.25, -0.2) is 0 Å². The molecule has 0 bridgehead atoms. The van der Waals surface area contributed by atoms with Crippen molar-refractivity contribution in [1.82, 2.24) is 4.90 Å². The second-order valence-electron chi connectivity index (χ2n) is 4.67. The number of carbonyl (C=O) groups excluding carboxylic acids is 2. The Morgan fingerprint density at radius 3 is 2.56 bits per heavy atom. The largest absolute Gasteiger partial charge is 0.469 e. The lowest BCUT2D eigenvalue weighted by Gasteiger charge is -2.31. The third kappa shape index (κ3) is 1.72. The van der Waals surface area contributed by atoms with Crippen molar-refractivity contribution >= 4 is 11.9 Å². The van der Waals surface area contributed by atoms with Crippen LogP contribution in [0.15, 0.2) is 12.7 Å². The van der Waals surface area contributed by atoms with E-state index >= 15 is 0 Å². The first-order chi connectivity index (χ1) is 7.63. The zero-order valence-electron chi connectivity index (χ0n) is 9.57. The number of nitrogens with zero attached hydrogens (tertiary/aromatic N) is 1. The zero-order valence-corrected chi connectivity index (χ0v) is 9.57. The van der Waals surface area contributed by atoms with Gasteiger partial charge in [0.05, 0.1) is 13.0 Å². The fourth-order valence-electron chi connectivity index (χ4n) is 2.68. The lowest BCUT2D eigenvalue weighted by molar-refractivity contribution is -0.143. The van der Waals surface area contributed by atoms with E-state index in [9.17, 15) is 9.59 Å². The van der Waals surface area contributed by atoms with Gasteiger partial charge in [-0.2, -0.15) is 0 Å². The van der Waals surface area contributed by atoms with E-state index in [1.165, 1.54) is 13.2 Å². The summed E-state index contributed by atoms with van der Waals surface area (Å²) in [6.07, 6.45) is 4.09. The fraction of sp³-hybridized carbons (Fsp3) is 0.667. The van der Waals surface area contributed by atoms with Crippen LogP contribution in [0.3, 0.4) is 0 Å². The van der Waals surface area contributed by atoms with Gasteiger partial charge in [-0.05, 0) is 30.8 Å². The summed E-state index contributed by atoms with van der Waals surface area (Å²) in [6, 6.07) is 0. The maximum Gasteiger partial charge on any atom is 0.309 e. The molecule has 88 valence electrons. The molecular formula is C12H17NO3. The number of ether oxygens (including phenoxy) is 1. The zero-order chi connectivity index (χ0) is 11.8. The molecule has 4 nitrogen and oxygen atoms in total. The van der Waals surface area contributed by atoms with Crippen LogP contribution in [-0.4, -0.2) is 37.0 Å². The van der Waals surface area contributed by atoms with Crippen LogP contribution < -0.4 is 0 Å². The van der Waals surface area contributed by atoms with Crippen LogP contribution in [0.1, 0.15) is 19.3 Å². The molecule has 2 aliphatic rings. The molecule has 1 aliphatic heterocycles. The van der Waals surface area contributed by atoms with E-state index in [2.05, 4.69) is 6.58 Å². The van der Waals surface area contributed by atoms with Crippen LogP contribution in [-0.2, 0) is 14.3 Å². The Kier molecular flexibility index (Phi) is 2.74. The van der Waals surface area contributed by atoms with Gasteiger partial charge >= 0.3 is 5.97 Å². The summed E-state index contributed by atoms with van der Waals surface area (Å²) in [4.78, 5) is 24.6. The summed E-state index contributed by atoms with van der Waals surface area (Å²) >= 11 is 0. The van der Waals surface area contributed by atoms with Crippen molar-refractivity contribution in [3.8, 4) is 0 Å². The van der Waals surface area contributed by atoms with Gasteiger partial charge in [0, 0.05) is 13.1 Å². The van der Waals surface area contributed by atoms with E-state index in [0.29, 0.717) is 0 Å². The highest BCUT2D eigenvalue weighted by Crippen LogP contribution is 2.59. The third-order valence-corrected chi connectivity index (χ3v) is 3.92. The lowest BCUT2D eigenvalue weighted by Crippen LogP contribution is -2.39. The van der Waals surface area contributed by atoms with E-state index in [1.54, 1.807) is 4.90 Å². The van der Waals surface area contributed by atoms with Crippen molar-refractivity contribution in [2.75, 3.05) is 20.2 Å². The molecule has 1 unspecified atom stereocenters. The maximum absolute atomic E-state index is 11.4. The van der Waals surface area contributed by atoms with Crippen LogP contribution in [0.2, 0.25) is 0 Å². The molecule has 1 saturated heterocycles. The lowest BCUT2D eigenvalue weighted by atomic mass is 9.91. The molecule has 1 heterocycles. The first kappa shape index (κ1) is 11.2. The normalized spacial score (nSPS) is 26.3. The highest BCUT2D eigenvalue weighted by Gasteiger charge is 2.59. The minimum Gasteiger partial charge on any atom is -0.469 e. The van der Waals surface area contributed by atoms with Gasteiger partial charge in [-0.15, -0.1) is 0 Å². The average Bonchev–Trinajstić information content (AvgIpc) is 3.02. The molecule has 1 atom stereocenters. The predicted molar refractivity (Wildman–Crippen MR) is 58.6 cm³/mol. The first-order valence-electron chi connectivity index (χ1n) is 5.62. The quantitative estimate of drug-likeness (QED) is 0.517. The first-order valence-corrected chi connectivity index (χ1v) is 5.62. The predicted octanol–water partition coefficient (Wildman–Crippen LogP) is 0.974. The minimum atomic E-state index is -0.0940. The molecule has 0 radical (unpaired) electrons. The van der Waals surface area contributed by atoms with Crippen molar-refractivity contribution in [3.63, 3.8) is 0 Å². The van der Waals surface area contributed by atoms with E-state index in [0.717, 1.165) is 32.4 Å². The molecule has 1 saturated carbocycles. The van der Waals surface area contributed by atoms with Crippen LogP contribution in [0, 0.1) is 11.3 Å². The second-order valence-corrected chi connectivity index (χ2v) is 4.67. The molecule has 2 fully saturated rings. The maximum atomic E-state index is 11.4. The highest BCUT2D eigenvalue weighted by atomic mass is 16.5. The van der Waals surface area contributed by atoms with Gasteiger partial charge < -0.3 is 9.64 Å². The van der Waals surface area contributed by atoms with E-state index in [1.807, 2.05) is 0 Å². The van der Waals surface area contributed by atoms with Crippen molar-refractivity contribution < 1.29 is 14.3 Å². The van der Waals surface area contributed by atoms with E-state index in [-0.39, 0.29) is 23.2 Å². The monoisotopic (exact) mass is 223 g/mol. The second kappa shape index (κ2) is 3.92. The molecule has 2 rings (SSSR count). The van der Waals surface area contributed by atoms with Crippen molar-refractivity contribution in [1.29, 1.82) is 0 Å². The molecular weight excluding hydrogens is 206 g/mol. The summed E-state index contributed by atoms with van der Waals surface area (Å²) in [6.45, 7) is 4.95. The molecule has 1 aliphatic carbocycles. The molecule has 0 N–H and O–H groups in total. The number of hydrogen-bond acceptors (Lipinski definition) is 3. The molecule has 0 aromatic rings. The van der Waals surface area contributed by atoms with Gasteiger partial charge in [0.25, 0.3) is 0 Å². The van der Waals surface area contributed by atoms with Gasteiger partial charge in [-0.3, -0.25) is 9.59 Å². The topological polar surface area (TPSA) is 46.6 Å². The minimum absolute atomic E-state index is 0.00915. The van der Waals surface area contributed by atoms with Crippen molar-refractivity contribution in [2.45, 2.75) is 19.3 Å². The van der Waals surface area contributed by atoms with Gasteiger partial charge in [-0.1, -0.05) is 6.58 Å². The molecule has 0 aromatic carbocycles. The number of amides is 1. The highest BCUT2D eigenvalue weighted by molar-refractivity contribution is 5.87. The van der Waals surface area contributed by atoms with Crippen molar-refractivity contribution in [2.24, 2.45) is 11.3 Å². The molecule has 1 amide bonds. The fourth-order valence-corrected chi connectivity index (χ4v) is 2.68. The molecule has 0 aromatic heterocycles. The number of likely N-dealkylation sites (tertiary alicyclic amines) is 1. The number of esters is 1. The van der Waals surface area contributed by atoms with Gasteiger partial charge in [0.1, 0.15) is 0 Å². The van der Waals surface area contributed by atoms with Crippen LogP contribution >= 0.6 is 0 Å². The Bertz CT molecular complexity index is 329. The third-order valence-electron chi connectivity index (χ3n) is 3.92. The van der Waals surface area contributed by atoms with Crippen LogP contribution in [0.25, 0.3) is 0 Å². The van der Waals surface area contributed by atoms with Crippen LogP contribution in [0.5, 0.6) is 0 Å². The Hall–Kier alpha value is -1.32. The van der Waals surface area contributed by atoms with Gasteiger partial charge in [0.2, 0.25) is 5.91 Å². The number of methoxy groups -OCH3 is 1. The molecule has 4 heteroatoms. The van der Waals surface area contributed by atoms with Gasteiger partial charge in [0.15, 0.2) is 0 Å². The number of rotatable bonds is 2. The number of piperidine rings is 1. The van der Waals surface area contributed by atoms with E-state index in [4.69, 9.17) is 4.74 Å². The van der Waals surface area contributed by atoms with E-state index < -0.39 is 0 Å². The van der Waals surface area contributed by atoms with Crippen LogP contribution in [0.4, 0.5) is 0 Å². The molecule has 16 heavy (non-hydrogen) atoms. The Balaban J connectivity index is 1.90. The summed E-state index contributed by atoms with van der Waals surface area (Å²) in [5, 5.41) is 0. The Morgan fingerprint density at radius 2 is 2.06 bits per heavy atom. The number of carbonyl (C=O) groups is 2. The smallest absolute Gasteiger partial charge is 0.309 e. The summed E-state index contributed by atoms with van der Waals surface area (Å²) < 4.78 is 4.76. The Morgan fingerprint density at radius 1 is 1.44 bits per heavy atom. The standard InChI is InChI=1S/C12H17NO3/c1-3-10(14)13-6-4-12(5-7-13)8-9(12)11(15)16-2/h3,9H,1,4-8H2,2H3. The molecule has 1 spiro atoms. The summed E-state index contributed by atoms with van der Waals surface area (Å²) in [5.74, 6) is -0.0351. The summed E-state index contributed by atoms with van der Waals surface area (Å²) in [7, 11) is 1.44. The SMILES string of the molecule is C=CC(=O)N1CCC2(CC1)CC2C(=O)OC. The number of hydrogen-bond donors (Lipinski definition) is 0.